The molecule has 5 heteroatoms. The van der Waals surface area contributed by atoms with Gasteiger partial charge in [-0.2, -0.15) is 0 Å². The molecule has 1 aromatic rings. The molecule has 0 aromatic heterocycles. The van der Waals surface area contributed by atoms with Crippen LogP contribution in [0.15, 0.2) is 12.1 Å². The number of hydrogen-bond donors (Lipinski definition) is 1. The molecule has 2 atom stereocenters. The van der Waals surface area contributed by atoms with Crippen LogP contribution in [-0.4, -0.2) is 46.4 Å². The van der Waals surface area contributed by atoms with Gasteiger partial charge in [-0.15, -0.1) is 0 Å². The number of hydrogen-bond acceptors (Lipinski definition) is 5. The Morgan fingerprint density at radius 2 is 2.00 bits per heavy atom. The highest BCUT2D eigenvalue weighted by atomic mass is 16.5. The topological polar surface area (TPSA) is 57.0 Å². The minimum Gasteiger partial charge on any atom is -0.496 e. The highest BCUT2D eigenvalue weighted by Gasteiger charge is 2.34. The second kappa shape index (κ2) is 7.11. The monoisotopic (exact) mass is 294 g/mol. The van der Waals surface area contributed by atoms with Gasteiger partial charge in [-0.3, -0.25) is 4.90 Å². The van der Waals surface area contributed by atoms with Crippen molar-refractivity contribution in [2.24, 2.45) is 11.7 Å². The summed E-state index contributed by atoms with van der Waals surface area (Å²) >= 11 is 0. The Labute approximate surface area is 127 Å². The van der Waals surface area contributed by atoms with Crippen LogP contribution in [0.1, 0.15) is 23.6 Å². The van der Waals surface area contributed by atoms with Crippen LogP contribution in [-0.2, 0) is 11.3 Å². The standard InChI is InChI=1S/C16H26N2O3/c1-18-9-11(8-17)7-13(18)15-14(20-3)6-5-12(10-19-2)16(15)21-4/h5-6,11,13H,7-10,17H2,1-4H3. The van der Waals surface area contributed by atoms with Gasteiger partial charge in [-0.1, -0.05) is 0 Å². The highest BCUT2D eigenvalue weighted by molar-refractivity contribution is 5.52. The number of likely N-dealkylation sites (tertiary alicyclic amines) is 1. The molecule has 1 aromatic carbocycles. The molecule has 1 saturated heterocycles. The van der Waals surface area contributed by atoms with Gasteiger partial charge in [-0.25, -0.2) is 0 Å². The summed E-state index contributed by atoms with van der Waals surface area (Å²) in [5.41, 5.74) is 7.99. The number of benzene rings is 1. The maximum absolute atomic E-state index is 5.85. The molecule has 0 radical (unpaired) electrons. The summed E-state index contributed by atoms with van der Waals surface area (Å²) in [6.07, 6.45) is 1.02. The normalized spacial score (nSPS) is 22.5. The average Bonchev–Trinajstić information content (AvgIpc) is 2.87. The predicted molar refractivity (Wildman–Crippen MR) is 82.8 cm³/mol. The van der Waals surface area contributed by atoms with Gasteiger partial charge < -0.3 is 19.9 Å². The predicted octanol–water partition coefficient (Wildman–Crippen LogP) is 1.80. The van der Waals surface area contributed by atoms with Crippen LogP contribution in [0.25, 0.3) is 0 Å². The smallest absolute Gasteiger partial charge is 0.132 e. The van der Waals surface area contributed by atoms with E-state index in [2.05, 4.69) is 11.9 Å². The number of nitrogens with two attached hydrogens (primary N) is 1. The third-order valence-electron chi connectivity index (χ3n) is 4.26. The molecule has 2 unspecified atom stereocenters. The summed E-state index contributed by atoms with van der Waals surface area (Å²) in [7, 11) is 7.22. The molecule has 1 aliphatic rings. The molecule has 1 aliphatic heterocycles. The summed E-state index contributed by atoms with van der Waals surface area (Å²) in [6.45, 7) is 2.24. The highest BCUT2D eigenvalue weighted by Crippen LogP contribution is 2.44. The van der Waals surface area contributed by atoms with E-state index in [0.717, 1.165) is 35.6 Å². The number of ether oxygens (including phenoxy) is 3. The van der Waals surface area contributed by atoms with E-state index in [1.807, 2.05) is 12.1 Å². The number of nitrogens with zero attached hydrogens (tertiary/aromatic N) is 1. The summed E-state index contributed by atoms with van der Waals surface area (Å²) in [5.74, 6) is 2.24. The summed E-state index contributed by atoms with van der Waals surface area (Å²) in [5, 5.41) is 0. The number of rotatable bonds is 6. The van der Waals surface area contributed by atoms with E-state index in [0.29, 0.717) is 19.1 Å². The minimum absolute atomic E-state index is 0.264. The van der Waals surface area contributed by atoms with Crippen molar-refractivity contribution in [1.29, 1.82) is 0 Å². The van der Waals surface area contributed by atoms with Crippen LogP contribution in [0.5, 0.6) is 11.5 Å². The molecule has 0 saturated carbocycles. The molecule has 118 valence electrons. The Morgan fingerprint density at radius 1 is 1.24 bits per heavy atom. The van der Waals surface area contributed by atoms with Crippen LogP contribution in [0.3, 0.4) is 0 Å². The zero-order valence-electron chi connectivity index (χ0n) is 13.4. The molecule has 1 fully saturated rings. The van der Waals surface area contributed by atoms with Crippen molar-refractivity contribution >= 4 is 0 Å². The Bertz CT molecular complexity index is 479. The van der Waals surface area contributed by atoms with Gasteiger partial charge in [-0.05, 0) is 38.1 Å². The Kier molecular flexibility index (Phi) is 5.45. The molecule has 0 aliphatic carbocycles. The maximum Gasteiger partial charge on any atom is 0.132 e. The first-order chi connectivity index (χ1) is 10.2. The van der Waals surface area contributed by atoms with Crippen molar-refractivity contribution in [2.75, 3.05) is 41.5 Å². The lowest BCUT2D eigenvalue weighted by Crippen LogP contribution is -2.21. The van der Waals surface area contributed by atoms with Crippen LogP contribution in [0, 0.1) is 5.92 Å². The fraction of sp³-hybridized carbons (Fsp3) is 0.625. The van der Waals surface area contributed by atoms with E-state index in [-0.39, 0.29) is 6.04 Å². The second-order valence-electron chi connectivity index (χ2n) is 5.60. The molecule has 21 heavy (non-hydrogen) atoms. The third-order valence-corrected chi connectivity index (χ3v) is 4.26. The van der Waals surface area contributed by atoms with Crippen molar-refractivity contribution in [1.82, 2.24) is 4.90 Å². The van der Waals surface area contributed by atoms with E-state index < -0.39 is 0 Å². The second-order valence-corrected chi connectivity index (χ2v) is 5.60. The molecule has 0 spiro atoms. The lowest BCUT2D eigenvalue weighted by molar-refractivity contribution is 0.180. The molecular weight excluding hydrogens is 268 g/mol. The van der Waals surface area contributed by atoms with Crippen LogP contribution in [0.4, 0.5) is 0 Å². The first-order valence-electron chi connectivity index (χ1n) is 7.29. The lowest BCUT2D eigenvalue weighted by Gasteiger charge is -2.25. The van der Waals surface area contributed by atoms with Gasteiger partial charge in [0.2, 0.25) is 0 Å². The van der Waals surface area contributed by atoms with Crippen LogP contribution >= 0.6 is 0 Å². The average molecular weight is 294 g/mol. The Balaban J connectivity index is 2.46. The Hall–Kier alpha value is -1.30. The third kappa shape index (κ3) is 3.15. The van der Waals surface area contributed by atoms with Gasteiger partial charge in [0.15, 0.2) is 0 Å². The molecule has 5 nitrogen and oxygen atoms in total. The van der Waals surface area contributed by atoms with Crippen LogP contribution in [0.2, 0.25) is 0 Å². The SMILES string of the molecule is COCc1ccc(OC)c(C2CC(CN)CN2C)c1OC. The summed E-state index contributed by atoms with van der Waals surface area (Å²) < 4.78 is 16.5. The quantitative estimate of drug-likeness (QED) is 0.867. The van der Waals surface area contributed by atoms with Crippen molar-refractivity contribution in [3.63, 3.8) is 0 Å². The molecule has 2 rings (SSSR count). The largest absolute Gasteiger partial charge is 0.496 e. The van der Waals surface area contributed by atoms with Crippen molar-refractivity contribution in [2.45, 2.75) is 19.1 Å². The van der Waals surface area contributed by atoms with Gasteiger partial charge in [0.1, 0.15) is 11.5 Å². The van der Waals surface area contributed by atoms with E-state index in [1.165, 1.54) is 0 Å². The zero-order chi connectivity index (χ0) is 15.4. The zero-order valence-corrected chi connectivity index (χ0v) is 13.4. The van der Waals surface area contributed by atoms with Gasteiger partial charge >= 0.3 is 0 Å². The first kappa shape index (κ1) is 16.1. The molecule has 2 N–H and O–H groups in total. The van der Waals surface area contributed by atoms with Crippen molar-refractivity contribution in [3.05, 3.63) is 23.3 Å². The Morgan fingerprint density at radius 3 is 2.52 bits per heavy atom. The summed E-state index contributed by atoms with van der Waals surface area (Å²) in [4.78, 5) is 2.33. The molecule has 0 bridgehead atoms. The minimum atomic E-state index is 0.264. The number of methoxy groups -OCH3 is 3. The molecule has 0 amide bonds. The first-order valence-corrected chi connectivity index (χ1v) is 7.29. The van der Waals surface area contributed by atoms with E-state index in [1.54, 1.807) is 21.3 Å². The molecular formula is C16H26N2O3. The lowest BCUT2D eigenvalue weighted by atomic mass is 9.96. The fourth-order valence-corrected chi connectivity index (χ4v) is 3.24. The van der Waals surface area contributed by atoms with Crippen molar-refractivity contribution < 1.29 is 14.2 Å². The van der Waals surface area contributed by atoms with Gasteiger partial charge in [0.05, 0.1) is 26.4 Å². The van der Waals surface area contributed by atoms with E-state index in [9.17, 15) is 0 Å². The molecule has 1 heterocycles. The fourth-order valence-electron chi connectivity index (χ4n) is 3.24. The van der Waals surface area contributed by atoms with E-state index >= 15 is 0 Å². The maximum atomic E-state index is 5.85. The van der Waals surface area contributed by atoms with Gasteiger partial charge in [0, 0.05) is 25.3 Å². The van der Waals surface area contributed by atoms with E-state index in [4.69, 9.17) is 19.9 Å². The summed E-state index contributed by atoms with van der Waals surface area (Å²) in [6, 6.07) is 4.26. The van der Waals surface area contributed by atoms with Crippen LogP contribution < -0.4 is 15.2 Å². The van der Waals surface area contributed by atoms with Crippen molar-refractivity contribution in [3.8, 4) is 11.5 Å². The van der Waals surface area contributed by atoms with Gasteiger partial charge in [0.25, 0.3) is 0 Å².